The third kappa shape index (κ3) is 4.21. The average molecular weight is 412 g/mol. The highest BCUT2D eigenvalue weighted by molar-refractivity contribution is 6.31. The largest absolute Gasteiger partial charge is 0.353 e. The Morgan fingerprint density at radius 2 is 1.33 bits per heavy atom. The zero-order valence-corrected chi connectivity index (χ0v) is 14.7. The van der Waals surface area contributed by atoms with Crippen LogP contribution in [0.4, 0.5) is 37.5 Å². The smallest absolute Gasteiger partial charge is 0.334 e. The van der Waals surface area contributed by atoms with Gasteiger partial charge in [0.1, 0.15) is 18.0 Å². The molecule has 0 saturated heterocycles. The van der Waals surface area contributed by atoms with Gasteiger partial charge < -0.3 is 10.6 Å². The molecule has 138 valence electrons. The van der Waals surface area contributed by atoms with Crippen LogP contribution >= 0.6 is 23.2 Å². The normalized spacial score (nSPS) is 10.5. The molecule has 0 amide bonds. The fraction of sp³-hybridized carbons (Fsp3) is 0. The van der Waals surface area contributed by atoms with Crippen molar-refractivity contribution in [2.75, 3.05) is 10.6 Å². The minimum absolute atomic E-state index is 0.145. The highest BCUT2D eigenvalue weighted by Gasteiger charge is 2.23. The maximum atomic E-state index is 13.3. The summed E-state index contributed by atoms with van der Waals surface area (Å²) in [4.78, 5) is 18.6. The molecule has 0 aliphatic heterocycles. The summed E-state index contributed by atoms with van der Waals surface area (Å²) in [5.41, 5.74) is 0.108. The van der Waals surface area contributed by atoms with Crippen LogP contribution in [0.15, 0.2) is 42.7 Å². The van der Waals surface area contributed by atoms with Crippen molar-refractivity contribution in [1.29, 1.82) is 0 Å². The number of hydrogen-bond donors (Lipinski definition) is 2. The first kappa shape index (κ1) is 18.7. The zero-order valence-electron chi connectivity index (χ0n) is 13.2. The Morgan fingerprint density at radius 3 is 1.70 bits per heavy atom. The number of hydrogen-bond acceptors (Lipinski definition) is 6. The monoisotopic (exact) mass is 411 g/mol. The molecule has 3 aromatic rings. The van der Waals surface area contributed by atoms with Crippen LogP contribution < -0.4 is 10.6 Å². The summed E-state index contributed by atoms with van der Waals surface area (Å²) in [5, 5.41) is 16.6. The molecule has 7 nitrogen and oxygen atoms in total. The quantitative estimate of drug-likeness (QED) is 0.427. The third-order valence-corrected chi connectivity index (χ3v) is 3.95. The van der Waals surface area contributed by atoms with Gasteiger partial charge in [0, 0.05) is 11.4 Å². The second-order valence-electron chi connectivity index (χ2n) is 5.18. The van der Waals surface area contributed by atoms with Crippen molar-refractivity contribution in [3.05, 3.63) is 74.5 Å². The molecule has 3 rings (SSSR count). The minimum Gasteiger partial charge on any atom is -0.334 e. The number of nitro groups is 1. The number of nitrogens with one attached hydrogen (secondary N) is 2. The standard InChI is InChI=1S/C16H9Cl2F2N5O2/c17-10-5-8(1-3-12(10)19)23-15-14(25(26)27)16(22-7-21-15)24-9-2-4-13(20)11(18)6-9/h1-7H,(H2,21,22,23,24). The molecule has 0 spiro atoms. The van der Waals surface area contributed by atoms with Crippen molar-refractivity contribution in [1.82, 2.24) is 9.97 Å². The molecule has 1 aromatic heterocycles. The summed E-state index contributed by atoms with van der Waals surface area (Å²) in [5.74, 6) is -1.55. The van der Waals surface area contributed by atoms with Gasteiger partial charge in [-0.15, -0.1) is 0 Å². The summed E-state index contributed by atoms with van der Waals surface area (Å²) >= 11 is 11.4. The fourth-order valence-corrected chi connectivity index (χ4v) is 2.52. The SMILES string of the molecule is O=[N+]([O-])c1c(Nc2ccc(F)c(Cl)c2)ncnc1Nc1ccc(F)c(Cl)c1. The van der Waals surface area contributed by atoms with Gasteiger partial charge in [-0.3, -0.25) is 10.1 Å². The Balaban J connectivity index is 1.97. The van der Waals surface area contributed by atoms with E-state index in [1.54, 1.807) is 0 Å². The summed E-state index contributed by atoms with van der Waals surface area (Å²) in [6.07, 6.45) is 1.09. The van der Waals surface area contributed by atoms with Crippen LogP contribution in [0.5, 0.6) is 0 Å². The summed E-state index contributed by atoms with van der Waals surface area (Å²) in [6.45, 7) is 0. The van der Waals surface area contributed by atoms with Crippen molar-refractivity contribution >= 4 is 51.9 Å². The van der Waals surface area contributed by atoms with Gasteiger partial charge in [-0.05, 0) is 36.4 Å². The van der Waals surface area contributed by atoms with Crippen LogP contribution in [0.1, 0.15) is 0 Å². The molecule has 0 aliphatic carbocycles. The van der Waals surface area contributed by atoms with Crippen molar-refractivity contribution in [3.8, 4) is 0 Å². The lowest BCUT2D eigenvalue weighted by Gasteiger charge is -2.11. The zero-order chi connectivity index (χ0) is 19.6. The minimum atomic E-state index is -0.694. The van der Waals surface area contributed by atoms with E-state index in [1.807, 2.05) is 0 Å². The summed E-state index contributed by atoms with van der Waals surface area (Å²) in [7, 11) is 0. The second-order valence-corrected chi connectivity index (χ2v) is 6.00. The van der Waals surface area contributed by atoms with Crippen LogP contribution in [-0.4, -0.2) is 14.9 Å². The van der Waals surface area contributed by atoms with Gasteiger partial charge in [-0.25, -0.2) is 18.7 Å². The molecular formula is C16H9Cl2F2N5O2. The maximum Gasteiger partial charge on any atom is 0.353 e. The van der Waals surface area contributed by atoms with Gasteiger partial charge in [-0.1, -0.05) is 23.2 Å². The lowest BCUT2D eigenvalue weighted by molar-refractivity contribution is -0.383. The number of rotatable bonds is 5. The molecule has 1 heterocycles. The van der Waals surface area contributed by atoms with E-state index < -0.39 is 22.2 Å². The fourth-order valence-electron chi connectivity index (χ4n) is 2.16. The van der Waals surface area contributed by atoms with E-state index in [0.717, 1.165) is 18.5 Å². The maximum absolute atomic E-state index is 13.3. The molecule has 0 bridgehead atoms. The first-order chi connectivity index (χ1) is 12.8. The first-order valence-electron chi connectivity index (χ1n) is 7.28. The van der Waals surface area contributed by atoms with Gasteiger partial charge in [-0.2, -0.15) is 0 Å². The van der Waals surface area contributed by atoms with E-state index in [0.29, 0.717) is 11.4 Å². The van der Waals surface area contributed by atoms with Crippen molar-refractivity contribution in [2.45, 2.75) is 0 Å². The highest BCUT2D eigenvalue weighted by Crippen LogP contribution is 2.34. The number of halogens is 4. The molecule has 11 heteroatoms. The van der Waals surface area contributed by atoms with E-state index in [9.17, 15) is 18.9 Å². The molecule has 0 unspecified atom stereocenters. The molecule has 2 N–H and O–H groups in total. The third-order valence-electron chi connectivity index (χ3n) is 3.37. The van der Waals surface area contributed by atoms with Crippen LogP contribution in [0.25, 0.3) is 0 Å². The van der Waals surface area contributed by atoms with E-state index in [-0.39, 0.29) is 21.7 Å². The molecular weight excluding hydrogens is 403 g/mol. The topological polar surface area (TPSA) is 93.0 Å². The average Bonchev–Trinajstić information content (AvgIpc) is 2.61. The van der Waals surface area contributed by atoms with Gasteiger partial charge in [0.25, 0.3) is 0 Å². The van der Waals surface area contributed by atoms with Gasteiger partial charge >= 0.3 is 5.69 Å². The lowest BCUT2D eigenvalue weighted by Crippen LogP contribution is -2.05. The van der Waals surface area contributed by atoms with Crippen LogP contribution in [0.3, 0.4) is 0 Å². The van der Waals surface area contributed by atoms with Gasteiger partial charge in [0.2, 0.25) is 11.6 Å². The molecule has 0 radical (unpaired) electrons. The number of nitrogens with zero attached hydrogens (tertiary/aromatic N) is 3. The van der Waals surface area contributed by atoms with Crippen molar-refractivity contribution < 1.29 is 13.7 Å². The summed E-state index contributed by atoms with van der Waals surface area (Å²) in [6, 6.07) is 7.43. The molecule has 0 aliphatic rings. The molecule has 27 heavy (non-hydrogen) atoms. The Kier molecular flexibility index (Phi) is 5.33. The summed E-state index contributed by atoms with van der Waals surface area (Å²) < 4.78 is 26.5. The Labute approximate surface area is 161 Å². The van der Waals surface area contributed by atoms with Crippen molar-refractivity contribution in [2.24, 2.45) is 0 Å². The predicted octanol–water partition coefficient (Wildman–Crippen LogP) is 5.46. The van der Waals surface area contributed by atoms with Gasteiger partial charge in [0.15, 0.2) is 0 Å². The predicted molar refractivity (Wildman–Crippen MR) is 98.1 cm³/mol. The molecule has 0 atom stereocenters. The number of anilines is 4. The van der Waals surface area contributed by atoms with Crippen LogP contribution in [0, 0.1) is 21.7 Å². The van der Waals surface area contributed by atoms with Gasteiger partial charge in [0.05, 0.1) is 15.0 Å². The number of aromatic nitrogens is 2. The Morgan fingerprint density at radius 1 is 0.889 bits per heavy atom. The molecule has 0 saturated carbocycles. The highest BCUT2D eigenvalue weighted by atomic mass is 35.5. The van der Waals surface area contributed by atoms with E-state index in [4.69, 9.17) is 23.2 Å². The second kappa shape index (κ2) is 7.68. The van der Waals surface area contributed by atoms with E-state index >= 15 is 0 Å². The van der Waals surface area contributed by atoms with E-state index in [2.05, 4.69) is 20.6 Å². The molecule has 0 fully saturated rings. The first-order valence-corrected chi connectivity index (χ1v) is 8.04. The lowest BCUT2D eigenvalue weighted by atomic mass is 10.3. The number of benzene rings is 2. The Hall–Kier alpha value is -3.04. The molecule has 2 aromatic carbocycles. The Bertz CT molecular complexity index is 964. The van der Waals surface area contributed by atoms with Crippen molar-refractivity contribution in [3.63, 3.8) is 0 Å². The van der Waals surface area contributed by atoms with Crippen LogP contribution in [-0.2, 0) is 0 Å². The van der Waals surface area contributed by atoms with Crippen LogP contribution in [0.2, 0.25) is 10.0 Å². The van der Waals surface area contributed by atoms with E-state index in [1.165, 1.54) is 24.3 Å².